The lowest BCUT2D eigenvalue weighted by atomic mass is 10.2. The molecule has 28 heavy (non-hydrogen) atoms. The van der Waals surface area contributed by atoms with E-state index in [0.29, 0.717) is 5.56 Å². The minimum absolute atomic E-state index is 0.0185. The number of aromatic nitrogens is 4. The van der Waals surface area contributed by atoms with Crippen molar-refractivity contribution in [2.24, 2.45) is 0 Å². The minimum Gasteiger partial charge on any atom is -0.349 e. The Morgan fingerprint density at radius 2 is 2.00 bits per heavy atom. The van der Waals surface area contributed by atoms with Crippen LogP contribution in [0.3, 0.4) is 0 Å². The highest BCUT2D eigenvalue weighted by molar-refractivity contribution is 5.94. The summed E-state index contributed by atoms with van der Waals surface area (Å²) in [5.41, 5.74) is 2.83. The SMILES string of the molecule is C[C@@H](CCn1cccn1)NC(=O)c1ccc2nc(-c3ccc(F)cc3)cn2c1. The van der Waals surface area contributed by atoms with Crippen molar-refractivity contribution < 1.29 is 9.18 Å². The molecule has 1 atom stereocenters. The van der Waals surface area contributed by atoms with Gasteiger partial charge >= 0.3 is 0 Å². The van der Waals surface area contributed by atoms with E-state index in [2.05, 4.69) is 15.4 Å². The van der Waals surface area contributed by atoms with E-state index in [4.69, 9.17) is 0 Å². The first-order valence-electron chi connectivity index (χ1n) is 9.11. The average molecular weight is 377 g/mol. The fourth-order valence-electron chi connectivity index (χ4n) is 3.02. The molecule has 3 aromatic heterocycles. The van der Waals surface area contributed by atoms with Crippen LogP contribution in [-0.2, 0) is 6.54 Å². The highest BCUT2D eigenvalue weighted by Crippen LogP contribution is 2.20. The maximum Gasteiger partial charge on any atom is 0.252 e. The first-order valence-corrected chi connectivity index (χ1v) is 9.11. The van der Waals surface area contributed by atoms with Crippen LogP contribution in [0.5, 0.6) is 0 Å². The summed E-state index contributed by atoms with van der Waals surface area (Å²) in [4.78, 5) is 17.1. The summed E-state index contributed by atoms with van der Waals surface area (Å²) in [6, 6.07) is 11.6. The molecule has 6 nitrogen and oxygen atoms in total. The molecule has 142 valence electrons. The number of rotatable bonds is 6. The van der Waals surface area contributed by atoms with E-state index in [1.807, 2.05) is 34.5 Å². The molecular formula is C21H20FN5O. The Balaban J connectivity index is 1.46. The van der Waals surface area contributed by atoms with Gasteiger partial charge in [0.25, 0.3) is 5.91 Å². The largest absolute Gasteiger partial charge is 0.349 e. The van der Waals surface area contributed by atoms with Crippen molar-refractivity contribution in [3.63, 3.8) is 0 Å². The van der Waals surface area contributed by atoms with Crippen molar-refractivity contribution >= 4 is 11.6 Å². The van der Waals surface area contributed by atoms with Crippen LogP contribution in [-0.4, -0.2) is 31.1 Å². The molecule has 0 saturated heterocycles. The number of pyridine rings is 1. The Bertz CT molecular complexity index is 1090. The van der Waals surface area contributed by atoms with Crippen LogP contribution in [0.25, 0.3) is 16.9 Å². The highest BCUT2D eigenvalue weighted by atomic mass is 19.1. The lowest BCUT2D eigenvalue weighted by Crippen LogP contribution is -2.33. The van der Waals surface area contributed by atoms with Gasteiger partial charge < -0.3 is 9.72 Å². The number of nitrogens with zero attached hydrogens (tertiary/aromatic N) is 4. The van der Waals surface area contributed by atoms with E-state index in [9.17, 15) is 9.18 Å². The second-order valence-corrected chi connectivity index (χ2v) is 6.75. The van der Waals surface area contributed by atoms with E-state index < -0.39 is 0 Å². The van der Waals surface area contributed by atoms with Crippen molar-refractivity contribution in [3.05, 3.63) is 78.6 Å². The maximum atomic E-state index is 13.1. The van der Waals surface area contributed by atoms with Crippen LogP contribution in [0.15, 0.2) is 67.3 Å². The van der Waals surface area contributed by atoms with Crippen LogP contribution in [0.1, 0.15) is 23.7 Å². The Morgan fingerprint density at radius 3 is 2.75 bits per heavy atom. The van der Waals surface area contributed by atoms with Crippen molar-refractivity contribution in [1.82, 2.24) is 24.5 Å². The van der Waals surface area contributed by atoms with Gasteiger partial charge in [0.15, 0.2) is 0 Å². The second-order valence-electron chi connectivity index (χ2n) is 6.75. The summed E-state index contributed by atoms with van der Waals surface area (Å²) >= 11 is 0. The second kappa shape index (κ2) is 7.64. The van der Waals surface area contributed by atoms with Crippen molar-refractivity contribution in [2.45, 2.75) is 25.9 Å². The minimum atomic E-state index is -0.284. The smallest absolute Gasteiger partial charge is 0.252 e. The Labute approximate surface area is 161 Å². The normalized spacial score (nSPS) is 12.2. The van der Waals surface area contributed by atoms with Crippen LogP contribution < -0.4 is 5.32 Å². The van der Waals surface area contributed by atoms with Gasteiger partial charge in [-0.25, -0.2) is 9.37 Å². The van der Waals surface area contributed by atoms with Crippen molar-refractivity contribution in [3.8, 4) is 11.3 Å². The molecule has 0 aliphatic rings. The molecule has 0 spiro atoms. The molecule has 0 aliphatic carbocycles. The molecule has 0 unspecified atom stereocenters. The monoisotopic (exact) mass is 377 g/mol. The predicted molar refractivity (Wildman–Crippen MR) is 104 cm³/mol. The third kappa shape index (κ3) is 3.93. The number of hydrogen-bond donors (Lipinski definition) is 1. The first-order chi connectivity index (χ1) is 13.6. The molecular weight excluding hydrogens is 357 g/mol. The van der Waals surface area contributed by atoms with E-state index in [1.165, 1.54) is 12.1 Å². The molecule has 0 fully saturated rings. The van der Waals surface area contributed by atoms with E-state index in [-0.39, 0.29) is 17.8 Å². The van der Waals surface area contributed by atoms with E-state index in [0.717, 1.165) is 29.9 Å². The van der Waals surface area contributed by atoms with Crippen LogP contribution >= 0.6 is 0 Å². The lowest BCUT2D eigenvalue weighted by molar-refractivity contribution is 0.0937. The van der Waals surface area contributed by atoms with Gasteiger partial charge in [0.1, 0.15) is 11.5 Å². The molecule has 0 saturated carbocycles. The van der Waals surface area contributed by atoms with Crippen LogP contribution in [0.4, 0.5) is 4.39 Å². The molecule has 0 radical (unpaired) electrons. The number of aryl methyl sites for hydroxylation is 1. The van der Waals surface area contributed by atoms with Gasteiger partial charge in [0.05, 0.1) is 11.3 Å². The molecule has 4 rings (SSSR count). The van der Waals surface area contributed by atoms with Crippen molar-refractivity contribution in [1.29, 1.82) is 0 Å². The molecule has 1 amide bonds. The lowest BCUT2D eigenvalue weighted by Gasteiger charge is -2.14. The first kappa shape index (κ1) is 17.9. The summed E-state index contributed by atoms with van der Waals surface area (Å²) in [6.45, 7) is 2.72. The molecule has 7 heteroatoms. The zero-order chi connectivity index (χ0) is 19.5. The molecule has 1 N–H and O–H groups in total. The van der Waals surface area contributed by atoms with Crippen molar-refractivity contribution in [2.75, 3.05) is 0 Å². The maximum absolute atomic E-state index is 13.1. The zero-order valence-corrected chi connectivity index (χ0v) is 15.4. The van der Waals surface area contributed by atoms with E-state index >= 15 is 0 Å². The third-order valence-corrected chi connectivity index (χ3v) is 4.58. The van der Waals surface area contributed by atoms with Gasteiger partial charge in [-0.05, 0) is 55.8 Å². The van der Waals surface area contributed by atoms with Gasteiger partial charge in [-0.3, -0.25) is 9.48 Å². The number of halogens is 1. The number of carbonyl (C=O) groups excluding carboxylic acids is 1. The molecule has 4 aromatic rings. The Hall–Kier alpha value is -3.48. The number of nitrogens with one attached hydrogen (secondary N) is 1. The number of carbonyl (C=O) groups is 1. The number of imidazole rings is 1. The van der Waals surface area contributed by atoms with Gasteiger partial charge in [0, 0.05) is 42.9 Å². The number of hydrogen-bond acceptors (Lipinski definition) is 3. The topological polar surface area (TPSA) is 64.2 Å². The fourth-order valence-corrected chi connectivity index (χ4v) is 3.02. The molecule has 0 bridgehead atoms. The van der Waals surface area contributed by atoms with Gasteiger partial charge in [-0.2, -0.15) is 5.10 Å². The summed E-state index contributed by atoms with van der Waals surface area (Å²) in [6.07, 6.45) is 8.02. The third-order valence-electron chi connectivity index (χ3n) is 4.58. The summed E-state index contributed by atoms with van der Waals surface area (Å²) in [5.74, 6) is -0.417. The fraction of sp³-hybridized carbons (Fsp3) is 0.190. The van der Waals surface area contributed by atoms with Gasteiger partial charge in [-0.15, -0.1) is 0 Å². The van der Waals surface area contributed by atoms with Crippen LogP contribution in [0.2, 0.25) is 0 Å². The zero-order valence-electron chi connectivity index (χ0n) is 15.4. The Morgan fingerprint density at radius 1 is 1.18 bits per heavy atom. The summed E-state index contributed by atoms with van der Waals surface area (Å²) in [5, 5.41) is 7.18. The Kier molecular flexibility index (Phi) is 4.89. The quantitative estimate of drug-likeness (QED) is 0.559. The number of amides is 1. The summed E-state index contributed by atoms with van der Waals surface area (Å²) < 4.78 is 16.8. The average Bonchev–Trinajstić information content (AvgIpc) is 3.36. The molecule has 1 aromatic carbocycles. The summed E-state index contributed by atoms with van der Waals surface area (Å²) in [7, 11) is 0. The highest BCUT2D eigenvalue weighted by Gasteiger charge is 2.12. The van der Waals surface area contributed by atoms with Crippen LogP contribution in [0, 0.1) is 5.82 Å². The predicted octanol–water partition coefficient (Wildman–Crippen LogP) is 3.55. The molecule has 3 heterocycles. The van der Waals surface area contributed by atoms with Gasteiger partial charge in [-0.1, -0.05) is 0 Å². The van der Waals surface area contributed by atoms with E-state index in [1.54, 1.807) is 36.7 Å². The number of fused-ring (bicyclic) bond motifs is 1. The molecule has 0 aliphatic heterocycles. The number of benzene rings is 1. The van der Waals surface area contributed by atoms with Gasteiger partial charge in [0.2, 0.25) is 0 Å². The standard InChI is InChI=1S/C21H20FN5O/c1-15(9-12-27-11-2-10-23-27)24-21(28)17-5-8-20-25-19(14-26(20)13-17)16-3-6-18(22)7-4-16/h2-8,10-11,13-15H,9,12H2,1H3,(H,24,28)/t15-/m0/s1.